The number of ether oxygens (including phenoxy) is 2. The number of aliphatic hydroxyl groups excluding tert-OH is 1. The number of rotatable bonds is 17. The van der Waals surface area contributed by atoms with E-state index in [2.05, 4.69) is 10.3 Å². The van der Waals surface area contributed by atoms with Gasteiger partial charge in [-0.2, -0.15) is 0 Å². The molecule has 4 aromatic rings. The normalized spacial score (nSPS) is 17.1. The molecule has 0 aliphatic carbocycles. The fourth-order valence-electron chi connectivity index (χ4n) is 5.90. The Hall–Kier alpha value is -4.59. The van der Waals surface area contributed by atoms with E-state index >= 15 is 0 Å². The van der Waals surface area contributed by atoms with Crippen LogP contribution >= 0.6 is 11.8 Å². The van der Waals surface area contributed by atoms with Crippen LogP contribution in [-0.4, -0.2) is 50.0 Å². The quantitative estimate of drug-likeness (QED) is 0.0342. The van der Waals surface area contributed by atoms with Gasteiger partial charge in [-0.1, -0.05) is 85.6 Å². The molecule has 3 aromatic carbocycles. The number of hydrogen-bond donors (Lipinski definition) is 5. The molecule has 12 heteroatoms. The summed E-state index contributed by atoms with van der Waals surface area (Å²) < 4.78 is 13.0. The van der Waals surface area contributed by atoms with E-state index in [1.54, 1.807) is 23.8 Å². The van der Waals surface area contributed by atoms with Gasteiger partial charge in [0.25, 0.3) is 0 Å². The van der Waals surface area contributed by atoms with Crippen molar-refractivity contribution < 1.29 is 39.3 Å². The minimum atomic E-state index is -1.03. The Labute approximate surface area is 301 Å². The number of carboxylic acid groups (broad SMARTS) is 1. The molecule has 1 aromatic heterocycles. The molecule has 0 saturated carbocycles. The van der Waals surface area contributed by atoms with E-state index in [-0.39, 0.29) is 36.7 Å². The largest absolute Gasteiger partial charge is 0.478 e. The maximum Gasteiger partial charge on any atom is 0.338 e. The highest BCUT2D eigenvalue weighted by Gasteiger charge is 2.32. The number of amides is 2. The molecule has 268 valence electrons. The van der Waals surface area contributed by atoms with Crippen LogP contribution in [0.1, 0.15) is 90.0 Å². The van der Waals surface area contributed by atoms with Crippen LogP contribution in [0.2, 0.25) is 0 Å². The molecule has 0 radical (unpaired) electrons. The predicted molar refractivity (Wildman–Crippen MR) is 192 cm³/mol. The molecule has 3 atom stereocenters. The molecule has 2 heterocycles. The van der Waals surface area contributed by atoms with Crippen molar-refractivity contribution in [2.75, 3.05) is 5.75 Å². The standard InChI is InChI=1S/C39H43N3O8S/c43-24-26-13-15-28(16-14-26)34-22-31(25-51-37-33(38(46)47)10-7-21-40-37)49-39(50-34)29-19-17-27(18-20-29)32-9-6-5-8-30(32)23-41-35(44)11-3-1-2-4-12-36(45)42-48/h5-10,13-21,31,34,39,43,48H,1-4,11-12,22-25H2,(H,41,44)(H,42,45)(H,46,47). The number of carboxylic acids is 1. The van der Waals surface area contributed by atoms with Crippen molar-refractivity contribution in [3.8, 4) is 11.1 Å². The fraction of sp³-hybridized carbons (Fsp3) is 0.333. The maximum atomic E-state index is 12.6. The lowest BCUT2D eigenvalue weighted by atomic mass is 9.97. The van der Waals surface area contributed by atoms with Crippen LogP contribution in [0.4, 0.5) is 0 Å². The number of hydroxylamine groups is 1. The highest BCUT2D eigenvalue weighted by atomic mass is 32.2. The number of pyridine rings is 1. The molecule has 5 N–H and O–H groups in total. The summed E-state index contributed by atoms with van der Waals surface area (Å²) in [6.45, 7) is 0.337. The number of aliphatic hydroxyl groups is 1. The van der Waals surface area contributed by atoms with Crippen molar-refractivity contribution in [1.29, 1.82) is 0 Å². The number of benzene rings is 3. The molecule has 1 aliphatic heterocycles. The Morgan fingerprint density at radius 1 is 0.824 bits per heavy atom. The third-order valence-corrected chi connectivity index (χ3v) is 9.83. The number of aromatic nitrogens is 1. The molecule has 0 spiro atoms. The monoisotopic (exact) mass is 713 g/mol. The molecule has 2 amide bonds. The summed E-state index contributed by atoms with van der Waals surface area (Å²) >= 11 is 1.34. The van der Waals surface area contributed by atoms with Crippen molar-refractivity contribution in [3.05, 3.63) is 119 Å². The Bertz CT molecular complexity index is 1750. The number of thioether (sulfide) groups is 1. The van der Waals surface area contributed by atoms with Gasteiger partial charge in [0.05, 0.1) is 24.4 Å². The molecule has 1 aliphatic rings. The lowest BCUT2D eigenvalue weighted by Gasteiger charge is -2.36. The lowest BCUT2D eigenvalue weighted by molar-refractivity contribution is -0.245. The van der Waals surface area contributed by atoms with Gasteiger partial charge in [0.15, 0.2) is 6.29 Å². The minimum absolute atomic E-state index is 0.0321. The summed E-state index contributed by atoms with van der Waals surface area (Å²) in [5.74, 6) is -0.984. The van der Waals surface area contributed by atoms with Gasteiger partial charge in [0, 0.05) is 43.3 Å². The smallest absolute Gasteiger partial charge is 0.338 e. The second-order valence-electron chi connectivity index (χ2n) is 12.3. The number of nitrogens with zero attached hydrogens (tertiary/aromatic N) is 1. The zero-order valence-corrected chi connectivity index (χ0v) is 29.0. The Kier molecular flexibility index (Phi) is 14.1. The molecule has 51 heavy (non-hydrogen) atoms. The number of hydrogen-bond acceptors (Lipinski definition) is 9. The number of carbonyl (C=O) groups excluding carboxylic acids is 2. The first kappa shape index (κ1) is 37.7. The highest BCUT2D eigenvalue weighted by molar-refractivity contribution is 7.99. The van der Waals surface area contributed by atoms with Gasteiger partial charge in [-0.25, -0.2) is 15.3 Å². The van der Waals surface area contributed by atoms with Gasteiger partial charge < -0.3 is 25.0 Å². The molecule has 0 bridgehead atoms. The highest BCUT2D eigenvalue weighted by Crippen LogP contribution is 2.40. The van der Waals surface area contributed by atoms with E-state index in [1.165, 1.54) is 11.8 Å². The maximum absolute atomic E-state index is 12.6. The minimum Gasteiger partial charge on any atom is -0.478 e. The van der Waals surface area contributed by atoms with E-state index in [4.69, 9.17) is 14.7 Å². The van der Waals surface area contributed by atoms with E-state index < -0.39 is 18.2 Å². The van der Waals surface area contributed by atoms with Gasteiger partial charge in [0.2, 0.25) is 11.8 Å². The summed E-state index contributed by atoms with van der Waals surface area (Å²) in [5, 5.41) is 31.2. The fourth-order valence-corrected chi connectivity index (χ4v) is 6.91. The first-order valence-corrected chi connectivity index (χ1v) is 18.0. The molecular formula is C39H43N3O8S. The van der Waals surface area contributed by atoms with Gasteiger partial charge >= 0.3 is 5.97 Å². The second kappa shape index (κ2) is 19.1. The second-order valence-corrected chi connectivity index (χ2v) is 13.3. The van der Waals surface area contributed by atoms with Crippen molar-refractivity contribution in [3.63, 3.8) is 0 Å². The lowest BCUT2D eigenvalue weighted by Crippen LogP contribution is -2.31. The van der Waals surface area contributed by atoms with Crippen LogP contribution in [0.15, 0.2) is 96.2 Å². The van der Waals surface area contributed by atoms with Crippen LogP contribution in [0.25, 0.3) is 11.1 Å². The van der Waals surface area contributed by atoms with Crippen LogP contribution in [-0.2, 0) is 32.2 Å². The number of carbonyl (C=O) groups is 3. The molecule has 11 nitrogen and oxygen atoms in total. The van der Waals surface area contributed by atoms with E-state index in [0.717, 1.165) is 52.6 Å². The van der Waals surface area contributed by atoms with Crippen molar-refractivity contribution >= 4 is 29.5 Å². The summed E-state index contributed by atoms with van der Waals surface area (Å²) in [5.41, 5.74) is 7.33. The molecule has 3 unspecified atom stereocenters. The van der Waals surface area contributed by atoms with E-state index in [0.29, 0.717) is 36.6 Å². The SMILES string of the molecule is O=C(CCCCCCC(=O)NCc1ccccc1-c1ccc(C2OC(CSc3ncccc3C(=O)O)CC(c3ccc(CO)cc3)O2)cc1)NO. The summed E-state index contributed by atoms with van der Waals surface area (Å²) in [6.07, 6.45) is 4.60. The molecule has 1 fully saturated rings. The van der Waals surface area contributed by atoms with Crippen molar-refractivity contribution in [1.82, 2.24) is 15.8 Å². The summed E-state index contributed by atoms with van der Waals surface area (Å²) in [7, 11) is 0. The van der Waals surface area contributed by atoms with E-state index in [9.17, 15) is 24.6 Å². The first-order valence-electron chi connectivity index (χ1n) is 17.0. The van der Waals surface area contributed by atoms with Crippen molar-refractivity contribution in [2.24, 2.45) is 0 Å². The Morgan fingerprint density at radius 3 is 2.24 bits per heavy atom. The average Bonchev–Trinajstić information content (AvgIpc) is 3.17. The van der Waals surface area contributed by atoms with Crippen molar-refractivity contribution in [2.45, 2.75) is 81.6 Å². The summed E-state index contributed by atoms with van der Waals surface area (Å²) in [6, 6.07) is 26.7. The number of unbranched alkanes of at least 4 members (excludes halogenated alkanes) is 3. The zero-order chi connectivity index (χ0) is 36.0. The average molecular weight is 714 g/mol. The van der Waals surface area contributed by atoms with Crippen LogP contribution < -0.4 is 10.8 Å². The topological polar surface area (TPSA) is 167 Å². The van der Waals surface area contributed by atoms with Gasteiger partial charge in [-0.05, 0) is 52.8 Å². The number of aromatic carboxylic acids is 1. The van der Waals surface area contributed by atoms with Gasteiger partial charge in [-0.15, -0.1) is 11.8 Å². The predicted octanol–water partition coefficient (Wildman–Crippen LogP) is 6.74. The Morgan fingerprint density at radius 2 is 1.53 bits per heavy atom. The zero-order valence-electron chi connectivity index (χ0n) is 28.2. The van der Waals surface area contributed by atoms with Gasteiger partial charge in [-0.3, -0.25) is 14.8 Å². The Balaban J connectivity index is 1.24. The van der Waals surface area contributed by atoms with Crippen LogP contribution in [0, 0.1) is 0 Å². The van der Waals surface area contributed by atoms with Crippen LogP contribution in [0.5, 0.6) is 0 Å². The summed E-state index contributed by atoms with van der Waals surface area (Å²) in [4.78, 5) is 39.7. The third kappa shape index (κ3) is 10.9. The van der Waals surface area contributed by atoms with E-state index in [1.807, 2.05) is 72.8 Å². The number of nitrogens with one attached hydrogen (secondary N) is 2. The van der Waals surface area contributed by atoms with Gasteiger partial charge in [0.1, 0.15) is 5.03 Å². The van der Waals surface area contributed by atoms with Crippen LogP contribution in [0.3, 0.4) is 0 Å². The third-order valence-electron chi connectivity index (χ3n) is 8.69. The molecular weight excluding hydrogens is 671 g/mol. The molecule has 1 saturated heterocycles. The first-order chi connectivity index (χ1) is 24.8. The molecule has 5 rings (SSSR count).